The molecule has 0 N–H and O–H groups in total. The Balaban J connectivity index is 0.000000237. The molecular formula is C34H30Cl4SiZr-2. The molecule has 0 heterocycles. The van der Waals surface area contributed by atoms with E-state index >= 15 is 0 Å². The van der Waals surface area contributed by atoms with Gasteiger partial charge in [0.05, 0.1) is 0 Å². The molecule has 0 aliphatic heterocycles. The van der Waals surface area contributed by atoms with E-state index in [1.54, 1.807) is 23.3 Å². The Labute approximate surface area is 275 Å². The van der Waals surface area contributed by atoms with Crippen LogP contribution in [0.5, 0.6) is 0 Å². The molecular weight excluding hydrogens is 669 g/mol. The molecule has 40 heavy (non-hydrogen) atoms. The molecule has 0 aliphatic rings. The van der Waals surface area contributed by atoms with Crippen LogP contribution in [0.1, 0.15) is 11.1 Å². The van der Waals surface area contributed by atoms with Gasteiger partial charge in [0.1, 0.15) is 0 Å². The van der Waals surface area contributed by atoms with Crippen molar-refractivity contribution in [2.75, 3.05) is 0 Å². The average molecular weight is 700 g/mol. The molecule has 0 spiro atoms. The molecule has 204 valence electrons. The predicted octanol–water partition coefficient (Wildman–Crippen LogP) is 5.17. The zero-order chi connectivity index (χ0) is 27.2. The van der Waals surface area contributed by atoms with Gasteiger partial charge >= 0.3 is 41.9 Å². The van der Waals surface area contributed by atoms with E-state index < -0.39 is 0 Å². The molecule has 6 aromatic rings. The SMILES string of the molecule is C[Si](C)=[Zr+2].Cc1cc2c(-c3ccc(Cl)cc3)cccc2[cH-]1.Cc1cc2c(-c3ccc(Cl)cc3)cccc2[cH-]1.[Cl-].[Cl-]. The van der Waals surface area contributed by atoms with E-state index in [0.29, 0.717) is 0 Å². The Morgan fingerprint density at radius 3 is 1.23 bits per heavy atom. The quantitative estimate of drug-likeness (QED) is 0.173. The second kappa shape index (κ2) is 16.1. The van der Waals surface area contributed by atoms with Crippen molar-refractivity contribution in [2.45, 2.75) is 26.9 Å². The Morgan fingerprint density at radius 1 is 0.575 bits per heavy atom. The molecule has 0 nitrogen and oxygen atoms in total. The Hall–Kier alpha value is -1.64. The van der Waals surface area contributed by atoms with Crippen molar-refractivity contribution in [3.63, 3.8) is 0 Å². The van der Waals surface area contributed by atoms with Crippen molar-refractivity contribution in [1.82, 2.24) is 0 Å². The monoisotopic (exact) mass is 696 g/mol. The van der Waals surface area contributed by atoms with Crippen LogP contribution in [-0.2, 0) is 23.3 Å². The van der Waals surface area contributed by atoms with Crippen LogP contribution in [-0.4, -0.2) is 5.43 Å². The molecule has 0 saturated heterocycles. The van der Waals surface area contributed by atoms with E-state index in [9.17, 15) is 0 Å². The Bertz CT molecular complexity index is 1550. The molecule has 6 rings (SSSR count). The molecule has 0 saturated carbocycles. The van der Waals surface area contributed by atoms with Crippen LogP contribution in [0.25, 0.3) is 43.8 Å². The van der Waals surface area contributed by atoms with Crippen LogP contribution in [0.3, 0.4) is 0 Å². The van der Waals surface area contributed by atoms with Gasteiger partial charge < -0.3 is 24.8 Å². The summed E-state index contributed by atoms with van der Waals surface area (Å²) in [4.78, 5) is 0. The van der Waals surface area contributed by atoms with E-state index in [0.717, 1.165) is 10.0 Å². The van der Waals surface area contributed by atoms with Gasteiger partial charge in [0, 0.05) is 10.0 Å². The second-order valence-electron chi connectivity index (χ2n) is 9.70. The predicted molar refractivity (Wildman–Crippen MR) is 167 cm³/mol. The fourth-order valence-corrected chi connectivity index (χ4v) is 4.78. The Morgan fingerprint density at radius 2 is 0.900 bits per heavy atom. The van der Waals surface area contributed by atoms with Gasteiger partial charge in [0.2, 0.25) is 0 Å². The number of aryl methyl sites for hydroxylation is 2. The van der Waals surface area contributed by atoms with Gasteiger partial charge in [-0.25, -0.2) is 0 Å². The van der Waals surface area contributed by atoms with Gasteiger partial charge in [-0.2, -0.15) is 12.1 Å². The van der Waals surface area contributed by atoms with Gasteiger partial charge in [-0.3, -0.25) is 0 Å². The standard InChI is InChI=1S/2C16H12Cl.C2H6Si.2ClH.Zr/c2*1-11-9-13-3-2-4-15(16(13)10-11)12-5-7-14(17)8-6-12;1-3-2;;;/h2*2-10H,1H3;1-2H3;2*1H;/q2*-1;;;;+2/p-2. The van der Waals surface area contributed by atoms with Crippen LogP contribution in [0.4, 0.5) is 0 Å². The summed E-state index contributed by atoms with van der Waals surface area (Å²) in [5.74, 6) is 0. The molecule has 0 unspecified atom stereocenters. The third-order valence-electron chi connectivity index (χ3n) is 6.10. The summed E-state index contributed by atoms with van der Waals surface area (Å²) in [7, 11) is 0. The molecule has 0 aliphatic carbocycles. The molecule has 6 heteroatoms. The maximum atomic E-state index is 5.92. The molecule has 0 atom stereocenters. The van der Waals surface area contributed by atoms with Crippen molar-refractivity contribution < 1.29 is 48.1 Å². The summed E-state index contributed by atoms with van der Waals surface area (Å²) < 4.78 is 0. The van der Waals surface area contributed by atoms with Gasteiger partial charge in [-0.1, -0.05) is 84.6 Å². The van der Waals surface area contributed by atoms with E-state index in [1.165, 1.54) is 54.9 Å². The minimum Gasteiger partial charge on any atom is -1.00 e. The van der Waals surface area contributed by atoms with E-state index in [2.05, 4.69) is 112 Å². The summed E-state index contributed by atoms with van der Waals surface area (Å²) in [6.07, 6.45) is 0. The molecule has 0 bridgehead atoms. The Kier molecular flexibility index (Phi) is 13.9. The maximum absolute atomic E-state index is 5.92. The summed E-state index contributed by atoms with van der Waals surface area (Å²) in [6.45, 7) is 8.88. The number of halogens is 4. The zero-order valence-corrected chi connectivity index (χ0v) is 29.4. The fourth-order valence-electron chi connectivity index (χ4n) is 4.53. The maximum Gasteiger partial charge on any atom is 0.0406 e. The average Bonchev–Trinajstić information content (AvgIpc) is 3.45. The van der Waals surface area contributed by atoms with Crippen molar-refractivity contribution in [1.29, 1.82) is 0 Å². The van der Waals surface area contributed by atoms with E-state index in [-0.39, 0.29) is 30.2 Å². The number of rotatable bonds is 2. The van der Waals surface area contributed by atoms with Gasteiger partial charge in [0.15, 0.2) is 0 Å². The zero-order valence-electron chi connectivity index (χ0n) is 22.9. The molecule has 0 amide bonds. The molecule has 0 fully saturated rings. The van der Waals surface area contributed by atoms with Crippen LogP contribution in [0.15, 0.2) is 109 Å². The summed E-state index contributed by atoms with van der Waals surface area (Å²) >= 11 is 13.6. The van der Waals surface area contributed by atoms with Crippen molar-refractivity contribution in [3.8, 4) is 22.3 Å². The second-order valence-corrected chi connectivity index (χ2v) is 19.9. The smallest absolute Gasteiger partial charge is 0.0406 e. The largest absolute Gasteiger partial charge is 1.00 e. The summed E-state index contributed by atoms with van der Waals surface area (Å²) in [5.41, 5.74) is 7.79. The molecule has 0 aromatic heterocycles. The van der Waals surface area contributed by atoms with Crippen molar-refractivity contribution in [2.24, 2.45) is 0 Å². The van der Waals surface area contributed by atoms with E-state index in [4.69, 9.17) is 23.2 Å². The number of fused-ring (bicyclic) bond motifs is 2. The van der Waals surface area contributed by atoms with Crippen molar-refractivity contribution >= 4 is 50.2 Å². The number of hydrogen-bond donors (Lipinski definition) is 0. The summed E-state index contributed by atoms with van der Waals surface area (Å²) in [5, 5.41) is 6.78. The van der Waals surface area contributed by atoms with Crippen LogP contribution >= 0.6 is 23.2 Å². The van der Waals surface area contributed by atoms with Gasteiger partial charge in [0.25, 0.3) is 0 Å². The fraction of sp³-hybridized carbons (Fsp3) is 0.118. The number of benzene rings is 4. The van der Waals surface area contributed by atoms with E-state index in [1.807, 2.05) is 24.3 Å². The van der Waals surface area contributed by atoms with Gasteiger partial charge in [-0.05, 0) is 35.4 Å². The molecule has 0 radical (unpaired) electrons. The first kappa shape index (κ1) is 34.6. The van der Waals surface area contributed by atoms with Gasteiger partial charge in [-0.15, -0.1) is 69.1 Å². The minimum absolute atomic E-state index is 0. The third-order valence-corrected chi connectivity index (χ3v) is 6.60. The minimum atomic E-state index is 0. The first-order valence-corrected chi connectivity index (χ1v) is 19.5. The first-order chi connectivity index (χ1) is 18.2. The summed E-state index contributed by atoms with van der Waals surface area (Å²) in [6, 6.07) is 37.8. The van der Waals surface area contributed by atoms with Crippen LogP contribution in [0.2, 0.25) is 23.1 Å². The van der Waals surface area contributed by atoms with Crippen LogP contribution in [0, 0.1) is 13.8 Å². The number of hydrogen-bond acceptors (Lipinski definition) is 0. The first-order valence-electron chi connectivity index (χ1n) is 12.6. The van der Waals surface area contributed by atoms with Crippen molar-refractivity contribution in [3.05, 3.63) is 130 Å². The van der Waals surface area contributed by atoms with Crippen LogP contribution < -0.4 is 24.8 Å². The third kappa shape index (κ3) is 9.18. The topological polar surface area (TPSA) is 0 Å². The normalized spacial score (nSPS) is 10.0. The molecule has 6 aromatic carbocycles.